The summed E-state index contributed by atoms with van der Waals surface area (Å²) in [5.74, 6) is 0.850. The number of fused-ring (bicyclic) bond motifs is 1. The number of nitrogens with one attached hydrogen (secondary N) is 1. The summed E-state index contributed by atoms with van der Waals surface area (Å²) in [7, 11) is 0. The Labute approximate surface area is 145 Å². The van der Waals surface area contributed by atoms with Crippen molar-refractivity contribution in [2.24, 2.45) is 5.10 Å². The first kappa shape index (κ1) is 16.7. The predicted molar refractivity (Wildman–Crippen MR) is 94.3 cm³/mol. The molecule has 0 spiro atoms. The number of nitrogens with zero attached hydrogens (tertiary/aromatic N) is 1. The number of carbonyl (C=O) groups is 1. The Kier molecular flexibility index (Phi) is 5.11. The van der Waals surface area contributed by atoms with E-state index < -0.39 is 12.0 Å². The summed E-state index contributed by atoms with van der Waals surface area (Å²) < 4.78 is 10.6. The Morgan fingerprint density at radius 3 is 2.76 bits per heavy atom. The molecule has 6 nitrogen and oxygen atoms in total. The number of allylic oxidation sites excluding steroid dienone is 1. The van der Waals surface area contributed by atoms with Gasteiger partial charge >= 0.3 is 0 Å². The van der Waals surface area contributed by atoms with Gasteiger partial charge in [0, 0.05) is 0 Å². The second kappa shape index (κ2) is 7.63. The molecule has 0 aliphatic carbocycles. The van der Waals surface area contributed by atoms with Crippen LogP contribution < -0.4 is 14.9 Å². The average molecular weight is 338 g/mol. The zero-order valence-corrected chi connectivity index (χ0v) is 13.7. The first-order chi connectivity index (χ1) is 12.1. The van der Waals surface area contributed by atoms with Crippen molar-refractivity contribution in [3.63, 3.8) is 0 Å². The molecule has 3 rings (SSSR count). The molecular weight excluding hydrogens is 320 g/mol. The molecule has 1 amide bonds. The summed E-state index contributed by atoms with van der Waals surface area (Å²) in [6, 6.07) is 14.3. The summed E-state index contributed by atoms with van der Waals surface area (Å²) >= 11 is 0. The van der Waals surface area contributed by atoms with Crippen LogP contribution in [0.3, 0.4) is 0 Å². The van der Waals surface area contributed by atoms with E-state index in [4.69, 9.17) is 9.47 Å². The largest absolute Gasteiger partial charge is 0.454 e. The number of rotatable bonds is 5. The van der Waals surface area contributed by atoms with Crippen molar-refractivity contribution in [2.75, 3.05) is 6.79 Å². The van der Waals surface area contributed by atoms with E-state index in [0.717, 1.165) is 11.3 Å². The molecule has 2 aromatic rings. The van der Waals surface area contributed by atoms with Gasteiger partial charge in [0.05, 0.1) is 5.71 Å². The van der Waals surface area contributed by atoms with Crippen molar-refractivity contribution >= 4 is 17.7 Å². The van der Waals surface area contributed by atoms with Gasteiger partial charge in [0.15, 0.2) is 17.6 Å². The second-order valence-corrected chi connectivity index (χ2v) is 5.49. The number of carbonyl (C=O) groups excluding carboxylic acids is 1. The summed E-state index contributed by atoms with van der Waals surface area (Å²) in [4.78, 5) is 11.9. The molecule has 1 unspecified atom stereocenters. The van der Waals surface area contributed by atoms with Gasteiger partial charge in [-0.1, -0.05) is 42.5 Å². The summed E-state index contributed by atoms with van der Waals surface area (Å²) in [5, 5.41) is 13.9. The highest BCUT2D eigenvalue weighted by molar-refractivity contribution is 5.97. The van der Waals surface area contributed by atoms with Crippen molar-refractivity contribution in [2.45, 2.75) is 13.0 Å². The molecule has 2 aromatic carbocycles. The van der Waals surface area contributed by atoms with E-state index in [1.807, 2.05) is 30.3 Å². The van der Waals surface area contributed by atoms with Crippen LogP contribution in [0, 0.1) is 0 Å². The standard InChI is InChI=1S/C19H18N2O4/c1-13(7-8-14-9-10-16-17(11-14)25-12-24-16)20-21-19(23)18(22)15-5-3-2-4-6-15/h2-11,18,22H,12H2,1H3,(H,21,23). The highest BCUT2D eigenvalue weighted by Crippen LogP contribution is 2.32. The third-order valence-corrected chi connectivity index (χ3v) is 3.62. The minimum atomic E-state index is -1.25. The van der Waals surface area contributed by atoms with Crippen LogP contribution in [0.5, 0.6) is 11.5 Å². The SMILES string of the molecule is CC(C=Cc1ccc2c(c1)OCO2)=NNC(=O)C(O)c1ccccc1. The van der Waals surface area contributed by atoms with E-state index in [9.17, 15) is 9.90 Å². The molecule has 0 fully saturated rings. The van der Waals surface area contributed by atoms with Gasteiger partial charge in [-0.05, 0) is 36.3 Å². The van der Waals surface area contributed by atoms with Crippen LogP contribution in [0.4, 0.5) is 0 Å². The Balaban J connectivity index is 1.59. The smallest absolute Gasteiger partial charge is 0.273 e. The minimum absolute atomic E-state index is 0.235. The lowest BCUT2D eigenvalue weighted by Gasteiger charge is -2.08. The fraction of sp³-hybridized carbons (Fsp3) is 0.158. The van der Waals surface area contributed by atoms with E-state index in [-0.39, 0.29) is 6.79 Å². The van der Waals surface area contributed by atoms with Crippen LogP contribution in [-0.4, -0.2) is 23.5 Å². The second-order valence-electron chi connectivity index (χ2n) is 5.49. The molecule has 0 saturated heterocycles. The quantitative estimate of drug-likeness (QED) is 0.649. The molecule has 25 heavy (non-hydrogen) atoms. The van der Waals surface area contributed by atoms with Crippen LogP contribution in [0.15, 0.2) is 59.7 Å². The third kappa shape index (κ3) is 4.24. The first-order valence-corrected chi connectivity index (χ1v) is 7.78. The molecule has 2 N–H and O–H groups in total. The molecule has 1 heterocycles. The Morgan fingerprint density at radius 1 is 1.20 bits per heavy atom. The average Bonchev–Trinajstić information content (AvgIpc) is 3.12. The Hall–Kier alpha value is -3.12. The summed E-state index contributed by atoms with van der Waals surface area (Å²) in [6.45, 7) is 1.98. The van der Waals surface area contributed by atoms with Crippen LogP contribution in [-0.2, 0) is 4.79 Å². The number of benzene rings is 2. The van der Waals surface area contributed by atoms with Crippen molar-refractivity contribution < 1.29 is 19.4 Å². The van der Waals surface area contributed by atoms with E-state index in [1.54, 1.807) is 37.3 Å². The van der Waals surface area contributed by atoms with Crippen molar-refractivity contribution in [3.8, 4) is 11.5 Å². The number of hydrazone groups is 1. The van der Waals surface area contributed by atoms with Crippen molar-refractivity contribution in [3.05, 3.63) is 65.7 Å². The lowest BCUT2D eigenvalue weighted by Crippen LogP contribution is -2.25. The normalized spacial score (nSPS) is 14.6. The number of aliphatic hydroxyl groups excluding tert-OH is 1. The highest BCUT2D eigenvalue weighted by atomic mass is 16.7. The summed E-state index contributed by atoms with van der Waals surface area (Å²) in [6.07, 6.45) is 2.35. The molecule has 1 atom stereocenters. The lowest BCUT2D eigenvalue weighted by molar-refractivity contribution is -0.129. The van der Waals surface area contributed by atoms with Gasteiger partial charge in [-0.2, -0.15) is 5.10 Å². The van der Waals surface area contributed by atoms with Crippen molar-refractivity contribution in [1.82, 2.24) is 5.43 Å². The highest BCUT2D eigenvalue weighted by Gasteiger charge is 2.16. The van der Waals surface area contributed by atoms with Crippen LogP contribution in [0.25, 0.3) is 6.08 Å². The monoisotopic (exact) mass is 338 g/mol. The molecule has 128 valence electrons. The zero-order chi connectivity index (χ0) is 17.6. The minimum Gasteiger partial charge on any atom is -0.454 e. The van der Waals surface area contributed by atoms with Gasteiger partial charge in [-0.25, -0.2) is 5.43 Å². The van der Waals surface area contributed by atoms with Gasteiger partial charge < -0.3 is 14.6 Å². The predicted octanol–water partition coefficient (Wildman–Crippen LogP) is 2.65. The van der Waals surface area contributed by atoms with Gasteiger partial charge in [-0.15, -0.1) is 0 Å². The van der Waals surface area contributed by atoms with Crippen LogP contribution in [0.1, 0.15) is 24.2 Å². The van der Waals surface area contributed by atoms with Gasteiger partial charge in [-0.3, -0.25) is 4.79 Å². The van der Waals surface area contributed by atoms with E-state index in [1.165, 1.54) is 0 Å². The number of ether oxygens (including phenoxy) is 2. The molecule has 0 aromatic heterocycles. The van der Waals surface area contributed by atoms with Crippen LogP contribution in [0.2, 0.25) is 0 Å². The molecular formula is C19H18N2O4. The fourth-order valence-corrected chi connectivity index (χ4v) is 2.26. The van der Waals surface area contributed by atoms with Gasteiger partial charge in [0.2, 0.25) is 6.79 Å². The van der Waals surface area contributed by atoms with Crippen LogP contribution >= 0.6 is 0 Å². The Bertz CT molecular complexity index is 815. The lowest BCUT2D eigenvalue weighted by atomic mass is 10.1. The van der Waals surface area contributed by atoms with E-state index in [2.05, 4.69) is 10.5 Å². The summed E-state index contributed by atoms with van der Waals surface area (Å²) in [5.41, 5.74) is 4.39. The van der Waals surface area contributed by atoms with E-state index in [0.29, 0.717) is 17.0 Å². The maximum Gasteiger partial charge on any atom is 0.273 e. The molecule has 1 aliphatic heterocycles. The molecule has 6 heteroatoms. The molecule has 0 radical (unpaired) electrons. The molecule has 0 saturated carbocycles. The van der Waals surface area contributed by atoms with Crippen molar-refractivity contribution in [1.29, 1.82) is 0 Å². The maximum atomic E-state index is 11.9. The zero-order valence-electron chi connectivity index (χ0n) is 13.7. The molecule has 0 bridgehead atoms. The van der Waals surface area contributed by atoms with E-state index >= 15 is 0 Å². The van der Waals surface area contributed by atoms with Gasteiger partial charge in [0.1, 0.15) is 0 Å². The number of aliphatic hydroxyl groups is 1. The van der Waals surface area contributed by atoms with Gasteiger partial charge in [0.25, 0.3) is 5.91 Å². The number of hydrogen-bond donors (Lipinski definition) is 2. The number of hydrogen-bond acceptors (Lipinski definition) is 5. The fourth-order valence-electron chi connectivity index (χ4n) is 2.26. The first-order valence-electron chi connectivity index (χ1n) is 7.78. The number of amides is 1. The maximum absolute atomic E-state index is 11.9. The Morgan fingerprint density at radius 2 is 1.96 bits per heavy atom. The topological polar surface area (TPSA) is 80.2 Å². The third-order valence-electron chi connectivity index (χ3n) is 3.62. The molecule has 1 aliphatic rings.